The first-order valence-electron chi connectivity index (χ1n) is 14.5. The van der Waals surface area contributed by atoms with Gasteiger partial charge in [0.05, 0.1) is 30.1 Å². The summed E-state index contributed by atoms with van der Waals surface area (Å²) in [6.45, 7) is 10.9. The molecule has 5 heteroatoms. The lowest BCUT2D eigenvalue weighted by atomic mass is 9.76. The normalized spacial score (nSPS) is 24.6. The molecule has 2 aromatic carbocycles. The Labute approximate surface area is 242 Å². The van der Waals surface area contributed by atoms with Gasteiger partial charge in [-0.2, -0.15) is 10.5 Å². The summed E-state index contributed by atoms with van der Waals surface area (Å²) in [4.78, 5) is 7.93. The first kappa shape index (κ1) is 26.6. The molecule has 41 heavy (non-hydrogen) atoms. The molecule has 1 aliphatic carbocycles. The lowest BCUT2D eigenvalue weighted by Gasteiger charge is -2.45. The number of anilines is 1. The lowest BCUT2D eigenvalue weighted by Crippen LogP contribution is -2.49. The summed E-state index contributed by atoms with van der Waals surface area (Å²) in [5, 5.41) is 20.4. The fourth-order valence-electron chi connectivity index (χ4n) is 7.06. The second kappa shape index (κ2) is 10.4. The first-order valence-corrected chi connectivity index (χ1v) is 14.5. The number of rotatable bonds is 5. The molecule has 1 aromatic heterocycles. The van der Waals surface area contributed by atoms with Gasteiger partial charge in [-0.1, -0.05) is 81.5 Å². The third kappa shape index (κ3) is 4.25. The molecule has 6 rings (SSSR count). The average molecular weight is 538 g/mol. The number of fused-ring (bicyclic) bond motifs is 5. The Balaban J connectivity index is 1.56. The van der Waals surface area contributed by atoms with E-state index in [1.165, 1.54) is 22.2 Å². The highest BCUT2D eigenvalue weighted by Crippen LogP contribution is 2.47. The van der Waals surface area contributed by atoms with Crippen molar-refractivity contribution in [3.05, 3.63) is 107 Å². The standard InChI is InChI=1S/C36H35N5/c1-5-10-33-27(6-2)28-11-7-8-12-34(28)41(33)36(4)19-9-13-35(39-36)40-31-16-15-26(23-38)22-29(24(31)3)30-21-25(18-20-37)14-17-32(30)40/h6-9,11-17,21-22,24,29,31H,2,5,10,18-19H2,1,3-4H3. The molecule has 0 spiro atoms. The smallest absolute Gasteiger partial charge is 0.139 e. The number of para-hydroxylation sites is 1. The van der Waals surface area contributed by atoms with E-state index in [1.54, 1.807) is 0 Å². The quantitative estimate of drug-likeness (QED) is 0.331. The largest absolute Gasteiger partial charge is 0.319 e. The zero-order chi connectivity index (χ0) is 28.7. The highest BCUT2D eigenvalue weighted by molar-refractivity contribution is 6.08. The molecule has 3 heterocycles. The SMILES string of the molecule is C=Cc1c(CCC)n(C2(C)CC=CC(N3c4ccc(CC#N)cc4C4C=C(C#N)C=CC3C4C)=N2)c2ccccc12. The number of nitriles is 2. The Morgan fingerprint density at radius 1 is 1.17 bits per heavy atom. The molecule has 0 radical (unpaired) electrons. The topological polar surface area (TPSA) is 68.1 Å². The maximum atomic E-state index is 9.83. The number of nitrogens with zero attached hydrogens (tertiary/aromatic N) is 5. The molecule has 0 fully saturated rings. The molecule has 204 valence electrons. The number of aliphatic imine (C=N–C) groups is 1. The van der Waals surface area contributed by atoms with Crippen molar-refractivity contribution in [2.75, 3.05) is 4.90 Å². The van der Waals surface area contributed by atoms with Gasteiger partial charge in [0.15, 0.2) is 0 Å². The summed E-state index contributed by atoms with van der Waals surface area (Å²) >= 11 is 0. The van der Waals surface area contributed by atoms with Crippen molar-refractivity contribution in [3.63, 3.8) is 0 Å². The number of benzene rings is 2. The minimum Gasteiger partial charge on any atom is -0.319 e. The summed E-state index contributed by atoms with van der Waals surface area (Å²) in [5.41, 5.74) is 7.02. The summed E-state index contributed by atoms with van der Waals surface area (Å²) in [6, 6.07) is 19.6. The van der Waals surface area contributed by atoms with Crippen LogP contribution < -0.4 is 4.90 Å². The van der Waals surface area contributed by atoms with E-state index in [1.807, 2.05) is 12.2 Å². The Hall–Kier alpha value is -4.61. The van der Waals surface area contributed by atoms with Crippen molar-refractivity contribution < 1.29 is 0 Å². The number of aromatic nitrogens is 1. The third-order valence-corrected chi connectivity index (χ3v) is 8.92. The van der Waals surface area contributed by atoms with Crippen molar-refractivity contribution in [1.29, 1.82) is 10.5 Å². The number of dihydropyridines is 1. The predicted octanol–water partition coefficient (Wildman–Crippen LogP) is 7.96. The van der Waals surface area contributed by atoms with Crippen LogP contribution >= 0.6 is 0 Å². The maximum Gasteiger partial charge on any atom is 0.139 e. The van der Waals surface area contributed by atoms with Gasteiger partial charge < -0.3 is 9.47 Å². The molecule has 3 aromatic rings. The van der Waals surface area contributed by atoms with E-state index in [0.29, 0.717) is 12.0 Å². The van der Waals surface area contributed by atoms with Crippen LogP contribution in [0, 0.1) is 28.6 Å². The number of hydrogen-bond acceptors (Lipinski definition) is 4. The van der Waals surface area contributed by atoms with Crippen molar-refractivity contribution in [3.8, 4) is 12.1 Å². The minimum atomic E-state index is -0.527. The van der Waals surface area contributed by atoms with Crippen molar-refractivity contribution >= 4 is 28.5 Å². The Morgan fingerprint density at radius 3 is 2.76 bits per heavy atom. The summed E-state index contributed by atoms with van der Waals surface area (Å²) in [6.07, 6.45) is 15.7. The van der Waals surface area contributed by atoms with Crippen molar-refractivity contribution in [1.82, 2.24) is 4.57 Å². The summed E-state index contributed by atoms with van der Waals surface area (Å²) < 4.78 is 2.44. The number of hydrogen-bond donors (Lipinski definition) is 0. The van der Waals surface area contributed by atoms with E-state index < -0.39 is 5.66 Å². The van der Waals surface area contributed by atoms with Gasteiger partial charge >= 0.3 is 0 Å². The number of allylic oxidation sites excluding steroid dienone is 3. The maximum absolute atomic E-state index is 9.83. The minimum absolute atomic E-state index is 0.0300. The van der Waals surface area contributed by atoms with E-state index in [0.717, 1.165) is 41.9 Å². The zero-order valence-corrected chi connectivity index (χ0v) is 24.0. The molecule has 5 nitrogen and oxygen atoms in total. The molecule has 0 saturated heterocycles. The van der Waals surface area contributed by atoms with Gasteiger partial charge in [0.1, 0.15) is 11.5 Å². The molecule has 4 unspecified atom stereocenters. The monoisotopic (exact) mass is 537 g/mol. The third-order valence-electron chi connectivity index (χ3n) is 8.92. The van der Waals surface area contributed by atoms with Crippen LogP contribution in [0.3, 0.4) is 0 Å². The van der Waals surface area contributed by atoms with E-state index in [2.05, 4.69) is 116 Å². The summed E-state index contributed by atoms with van der Waals surface area (Å²) in [7, 11) is 0. The second-order valence-corrected chi connectivity index (χ2v) is 11.5. The Morgan fingerprint density at radius 2 is 2.00 bits per heavy atom. The highest BCUT2D eigenvalue weighted by atomic mass is 15.3. The van der Waals surface area contributed by atoms with Crippen LogP contribution in [0.2, 0.25) is 0 Å². The Kier molecular flexibility index (Phi) is 6.76. The van der Waals surface area contributed by atoms with Gasteiger partial charge in [-0.3, -0.25) is 0 Å². The van der Waals surface area contributed by atoms with Crippen LogP contribution in [0.4, 0.5) is 5.69 Å². The highest BCUT2D eigenvalue weighted by Gasteiger charge is 2.41. The molecular weight excluding hydrogens is 502 g/mol. The van der Waals surface area contributed by atoms with Crippen LogP contribution in [-0.4, -0.2) is 16.4 Å². The van der Waals surface area contributed by atoms with Gasteiger partial charge in [0.2, 0.25) is 0 Å². The molecule has 0 amide bonds. The molecule has 0 saturated carbocycles. The molecular formula is C36H35N5. The molecule has 2 bridgehead atoms. The average Bonchev–Trinajstić information content (AvgIpc) is 3.24. The van der Waals surface area contributed by atoms with E-state index in [9.17, 15) is 10.5 Å². The fraction of sp³-hybridized carbons (Fsp3) is 0.306. The van der Waals surface area contributed by atoms with Gasteiger partial charge in [0, 0.05) is 40.2 Å². The predicted molar refractivity (Wildman–Crippen MR) is 168 cm³/mol. The second-order valence-electron chi connectivity index (χ2n) is 11.5. The van der Waals surface area contributed by atoms with Crippen LogP contribution in [0.5, 0.6) is 0 Å². The molecule has 3 aliphatic rings. The van der Waals surface area contributed by atoms with Gasteiger partial charge in [-0.05, 0) is 54.7 Å². The Bertz CT molecular complexity index is 1750. The zero-order valence-electron chi connectivity index (χ0n) is 24.0. The van der Waals surface area contributed by atoms with Gasteiger partial charge in [0.25, 0.3) is 0 Å². The van der Waals surface area contributed by atoms with E-state index in [-0.39, 0.29) is 17.9 Å². The van der Waals surface area contributed by atoms with E-state index >= 15 is 0 Å². The number of amidine groups is 1. The lowest BCUT2D eigenvalue weighted by molar-refractivity contribution is 0.336. The molecule has 2 aliphatic heterocycles. The van der Waals surface area contributed by atoms with Gasteiger partial charge in [-0.15, -0.1) is 0 Å². The first-order chi connectivity index (χ1) is 19.9. The van der Waals surface area contributed by atoms with Gasteiger partial charge in [-0.25, -0.2) is 4.99 Å². The van der Waals surface area contributed by atoms with Crippen LogP contribution in [0.15, 0.2) is 90.0 Å². The molecule has 0 N–H and O–H groups in total. The van der Waals surface area contributed by atoms with Crippen molar-refractivity contribution in [2.45, 2.75) is 64.1 Å². The van der Waals surface area contributed by atoms with Crippen LogP contribution in [0.25, 0.3) is 17.0 Å². The fourth-order valence-corrected chi connectivity index (χ4v) is 7.06. The molecule has 4 atom stereocenters. The van der Waals surface area contributed by atoms with Crippen LogP contribution in [0.1, 0.15) is 61.9 Å². The van der Waals surface area contributed by atoms with Crippen LogP contribution in [-0.2, 0) is 18.5 Å². The van der Waals surface area contributed by atoms with E-state index in [4.69, 9.17) is 4.99 Å². The van der Waals surface area contributed by atoms with Crippen molar-refractivity contribution in [2.24, 2.45) is 10.9 Å². The summed E-state index contributed by atoms with van der Waals surface area (Å²) in [5.74, 6) is 1.20.